The van der Waals surface area contributed by atoms with Gasteiger partial charge in [-0.1, -0.05) is 17.7 Å². The largest absolute Gasteiger partial charge is 0.490 e. The number of benzene rings is 2. The molecule has 0 unspecified atom stereocenters. The van der Waals surface area contributed by atoms with Crippen molar-refractivity contribution in [2.45, 2.75) is 25.3 Å². The van der Waals surface area contributed by atoms with Gasteiger partial charge in [0.1, 0.15) is 0 Å². The molecule has 0 aliphatic heterocycles. The number of nitrogens with one attached hydrogen (secondary N) is 1. The highest BCUT2D eigenvalue weighted by Crippen LogP contribution is 2.28. The van der Waals surface area contributed by atoms with Crippen LogP contribution in [0.4, 0.5) is 0 Å². The molecule has 0 spiro atoms. The van der Waals surface area contributed by atoms with E-state index in [9.17, 15) is 4.79 Å². The Labute approximate surface area is 157 Å². The van der Waals surface area contributed by atoms with Crippen molar-refractivity contribution in [2.75, 3.05) is 19.0 Å². The molecular weight excluding hydrogens is 358 g/mol. The maximum absolute atomic E-state index is 12.0. The molecule has 25 heavy (non-hydrogen) atoms. The standard InChI is InChI=1S/C19H22ClNO3S/c1-3-23-17-10-5-14(11-18(17)24-4-2)12-21-19(22)13-25-16-8-6-15(20)7-9-16/h5-11H,3-4,12-13H2,1-2H3,(H,21,22). The van der Waals surface area contributed by atoms with Crippen LogP contribution in [0.1, 0.15) is 19.4 Å². The van der Waals surface area contributed by atoms with E-state index in [4.69, 9.17) is 21.1 Å². The van der Waals surface area contributed by atoms with Gasteiger partial charge < -0.3 is 14.8 Å². The van der Waals surface area contributed by atoms with Gasteiger partial charge in [-0.2, -0.15) is 0 Å². The second-order valence-corrected chi connectivity index (χ2v) is 6.65. The van der Waals surface area contributed by atoms with E-state index >= 15 is 0 Å². The average molecular weight is 380 g/mol. The van der Waals surface area contributed by atoms with E-state index in [1.54, 1.807) is 0 Å². The topological polar surface area (TPSA) is 47.6 Å². The smallest absolute Gasteiger partial charge is 0.230 e. The van der Waals surface area contributed by atoms with Gasteiger partial charge in [-0.05, 0) is 55.8 Å². The predicted octanol–water partition coefficient (Wildman–Crippen LogP) is 4.55. The van der Waals surface area contributed by atoms with Crippen molar-refractivity contribution in [3.63, 3.8) is 0 Å². The third-order valence-electron chi connectivity index (χ3n) is 3.28. The molecule has 1 N–H and O–H groups in total. The zero-order chi connectivity index (χ0) is 18.1. The Bertz CT molecular complexity index is 692. The van der Waals surface area contributed by atoms with Crippen LogP contribution in [-0.4, -0.2) is 24.9 Å². The average Bonchev–Trinajstić information content (AvgIpc) is 2.62. The fourth-order valence-electron chi connectivity index (χ4n) is 2.14. The van der Waals surface area contributed by atoms with Gasteiger partial charge >= 0.3 is 0 Å². The van der Waals surface area contributed by atoms with E-state index in [1.165, 1.54) is 11.8 Å². The highest BCUT2D eigenvalue weighted by molar-refractivity contribution is 8.00. The second-order valence-electron chi connectivity index (χ2n) is 5.17. The molecule has 0 saturated heterocycles. The Hall–Kier alpha value is -1.85. The Morgan fingerprint density at radius 2 is 1.72 bits per heavy atom. The molecule has 0 atom stereocenters. The van der Waals surface area contributed by atoms with Gasteiger partial charge in [-0.3, -0.25) is 4.79 Å². The molecule has 2 aromatic rings. The summed E-state index contributed by atoms with van der Waals surface area (Å²) in [4.78, 5) is 13.0. The molecule has 1 amide bonds. The molecule has 134 valence electrons. The molecule has 0 radical (unpaired) electrons. The van der Waals surface area contributed by atoms with Crippen LogP contribution in [0.5, 0.6) is 11.5 Å². The predicted molar refractivity (Wildman–Crippen MR) is 103 cm³/mol. The summed E-state index contributed by atoms with van der Waals surface area (Å²) in [6.45, 7) is 5.46. The first-order valence-corrected chi connectivity index (χ1v) is 9.52. The molecule has 0 bridgehead atoms. The van der Waals surface area contributed by atoms with Crippen LogP contribution in [0, 0.1) is 0 Å². The number of hydrogen-bond donors (Lipinski definition) is 1. The number of carbonyl (C=O) groups is 1. The van der Waals surface area contributed by atoms with E-state index in [1.807, 2.05) is 56.3 Å². The summed E-state index contributed by atoms with van der Waals surface area (Å²) in [5, 5.41) is 3.61. The van der Waals surface area contributed by atoms with Crippen molar-refractivity contribution in [3.05, 3.63) is 53.1 Å². The minimum atomic E-state index is -0.0215. The first-order valence-electron chi connectivity index (χ1n) is 8.16. The SMILES string of the molecule is CCOc1ccc(CNC(=O)CSc2ccc(Cl)cc2)cc1OCC. The summed E-state index contributed by atoms with van der Waals surface area (Å²) in [5.41, 5.74) is 0.969. The van der Waals surface area contributed by atoms with Crippen molar-refractivity contribution >= 4 is 29.3 Å². The van der Waals surface area contributed by atoms with Crippen molar-refractivity contribution in [2.24, 2.45) is 0 Å². The number of amides is 1. The first kappa shape index (κ1) is 19.5. The lowest BCUT2D eigenvalue weighted by Crippen LogP contribution is -2.24. The van der Waals surface area contributed by atoms with Crippen molar-refractivity contribution in [1.82, 2.24) is 5.32 Å². The molecule has 0 fully saturated rings. The highest BCUT2D eigenvalue weighted by atomic mass is 35.5. The normalized spacial score (nSPS) is 10.4. The zero-order valence-corrected chi connectivity index (χ0v) is 16.0. The van der Waals surface area contributed by atoms with Gasteiger partial charge in [-0.15, -0.1) is 11.8 Å². The monoisotopic (exact) mass is 379 g/mol. The van der Waals surface area contributed by atoms with Crippen LogP contribution in [0.3, 0.4) is 0 Å². The van der Waals surface area contributed by atoms with Crippen molar-refractivity contribution in [3.8, 4) is 11.5 Å². The summed E-state index contributed by atoms with van der Waals surface area (Å²) < 4.78 is 11.1. The lowest BCUT2D eigenvalue weighted by Gasteiger charge is -2.13. The number of carbonyl (C=O) groups excluding carboxylic acids is 1. The molecule has 2 aromatic carbocycles. The Kier molecular flexibility index (Phi) is 7.95. The lowest BCUT2D eigenvalue weighted by atomic mass is 10.2. The van der Waals surface area contributed by atoms with Crippen molar-refractivity contribution < 1.29 is 14.3 Å². The molecule has 2 rings (SSSR count). The van der Waals surface area contributed by atoms with E-state index in [-0.39, 0.29) is 5.91 Å². The van der Waals surface area contributed by atoms with Gasteiger partial charge in [0.2, 0.25) is 5.91 Å². The molecule has 0 aromatic heterocycles. The summed E-state index contributed by atoms with van der Waals surface area (Å²) in [6, 6.07) is 13.1. The van der Waals surface area contributed by atoms with Gasteiger partial charge in [0.15, 0.2) is 11.5 Å². The Morgan fingerprint density at radius 1 is 1.04 bits per heavy atom. The maximum Gasteiger partial charge on any atom is 0.230 e. The maximum atomic E-state index is 12.0. The third kappa shape index (κ3) is 6.52. The first-order chi connectivity index (χ1) is 12.1. The Morgan fingerprint density at radius 3 is 2.40 bits per heavy atom. The number of ether oxygens (including phenoxy) is 2. The van der Waals surface area contributed by atoms with Gasteiger partial charge in [-0.25, -0.2) is 0 Å². The van der Waals surface area contributed by atoms with Gasteiger partial charge in [0.25, 0.3) is 0 Å². The second kappa shape index (κ2) is 10.2. The molecule has 0 saturated carbocycles. The van der Waals surface area contributed by atoms with E-state index in [0.717, 1.165) is 16.2 Å². The number of thioether (sulfide) groups is 1. The van der Waals surface area contributed by atoms with E-state index in [0.29, 0.717) is 36.3 Å². The van der Waals surface area contributed by atoms with Crippen LogP contribution in [0.15, 0.2) is 47.4 Å². The fourth-order valence-corrected chi connectivity index (χ4v) is 2.99. The highest BCUT2D eigenvalue weighted by Gasteiger charge is 2.08. The number of halogens is 1. The third-order valence-corrected chi connectivity index (χ3v) is 4.55. The summed E-state index contributed by atoms with van der Waals surface area (Å²) in [6.07, 6.45) is 0. The van der Waals surface area contributed by atoms with Gasteiger partial charge in [0, 0.05) is 16.5 Å². The molecule has 4 nitrogen and oxygen atoms in total. The van der Waals surface area contributed by atoms with Crippen LogP contribution in [-0.2, 0) is 11.3 Å². The summed E-state index contributed by atoms with van der Waals surface area (Å²) in [7, 11) is 0. The number of hydrogen-bond acceptors (Lipinski definition) is 4. The van der Waals surface area contributed by atoms with Gasteiger partial charge in [0.05, 0.1) is 19.0 Å². The molecule has 0 heterocycles. The zero-order valence-electron chi connectivity index (χ0n) is 14.4. The summed E-state index contributed by atoms with van der Waals surface area (Å²) >= 11 is 7.33. The quantitative estimate of drug-likeness (QED) is 0.649. The van der Waals surface area contributed by atoms with Crippen LogP contribution >= 0.6 is 23.4 Å². The van der Waals surface area contributed by atoms with Crippen LogP contribution in [0.2, 0.25) is 5.02 Å². The Balaban J connectivity index is 1.86. The molecular formula is C19H22ClNO3S. The minimum Gasteiger partial charge on any atom is -0.490 e. The van der Waals surface area contributed by atoms with Crippen LogP contribution < -0.4 is 14.8 Å². The van der Waals surface area contributed by atoms with E-state index in [2.05, 4.69) is 5.32 Å². The van der Waals surface area contributed by atoms with E-state index < -0.39 is 0 Å². The van der Waals surface area contributed by atoms with Crippen molar-refractivity contribution in [1.29, 1.82) is 0 Å². The minimum absolute atomic E-state index is 0.0215. The molecule has 0 aliphatic rings. The molecule has 6 heteroatoms. The molecule has 0 aliphatic carbocycles. The lowest BCUT2D eigenvalue weighted by molar-refractivity contribution is -0.118. The van der Waals surface area contributed by atoms with Crippen LogP contribution in [0.25, 0.3) is 0 Å². The fraction of sp³-hybridized carbons (Fsp3) is 0.316. The number of rotatable bonds is 9. The summed E-state index contributed by atoms with van der Waals surface area (Å²) in [5.74, 6) is 1.76.